The third kappa shape index (κ3) is 5.36. The highest BCUT2D eigenvalue weighted by Gasteiger charge is 2.34. The summed E-state index contributed by atoms with van der Waals surface area (Å²) in [5, 5.41) is 27.6. The van der Waals surface area contributed by atoms with Crippen LogP contribution < -0.4 is 5.32 Å². The lowest BCUT2D eigenvalue weighted by molar-refractivity contribution is -0.0566. The van der Waals surface area contributed by atoms with Crippen molar-refractivity contribution >= 4 is 5.91 Å². The second-order valence-electron chi connectivity index (χ2n) is 9.51. The van der Waals surface area contributed by atoms with Gasteiger partial charge in [-0.25, -0.2) is 8.78 Å². The lowest BCUT2D eigenvalue weighted by Gasteiger charge is -2.31. The molecule has 2 aromatic carbocycles. The monoisotopic (exact) mass is 499 g/mol. The number of hydrogen-bond acceptors (Lipinski definition) is 6. The molecule has 2 heterocycles. The van der Waals surface area contributed by atoms with Crippen molar-refractivity contribution in [1.82, 2.24) is 15.4 Å². The maximum absolute atomic E-state index is 13.5. The lowest BCUT2D eigenvalue weighted by atomic mass is 9.94. The summed E-state index contributed by atoms with van der Waals surface area (Å²) in [5.74, 6) is -3.04. The number of phenols is 2. The SMILES string of the molecule is CCNC(=O)c1noc(-c2cc(C(C)C)c(O)cc2O)c1-c1ccc(CN2CCC(F)(F)CC2)cc1. The summed E-state index contributed by atoms with van der Waals surface area (Å²) >= 11 is 0. The summed E-state index contributed by atoms with van der Waals surface area (Å²) in [5.41, 5.74) is 3.04. The van der Waals surface area contributed by atoms with Crippen molar-refractivity contribution < 1.29 is 28.3 Å². The standard InChI is InChI=1S/C27H31F2N3O4/c1-4-30-26(35)24-23(25(36-31-24)20-13-19(16(2)3)21(33)14-22(20)34)18-7-5-17(6-8-18)15-32-11-9-27(28,29)10-12-32/h5-8,13-14,16,33-34H,4,9-12,15H2,1-3H3,(H,30,35). The Morgan fingerprint density at radius 3 is 2.42 bits per heavy atom. The molecule has 0 saturated carbocycles. The number of aromatic hydroxyl groups is 2. The number of aromatic nitrogens is 1. The smallest absolute Gasteiger partial charge is 0.274 e. The van der Waals surface area contributed by atoms with E-state index in [0.29, 0.717) is 48.4 Å². The molecular weight excluding hydrogens is 468 g/mol. The van der Waals surface area contributed by atoms with E-state index in [2.05, 4.69) is 10.5 Å². The first-order valence-electron chi connectivity index (χ1n) is 12.1. The van der Waals surface area contributed by atoms with Crippen molar-refractivity contribution in [2.75, 3.05) is 19.6 Å². The molecule has 1 aliphatic heterocycles. The van der Waals surface area contributed by atoms with E-state index in [4.69, 9.17) is 4.52 Å². The second kappa shape index (κ2) is 10.3. The van der Waals surface area contributed by atoms with Gasteiger partial charge in [0.1, 0.15) is 11.5 Å². The van der Waals surface area contributed by atoms with Gasteiger partial charge in [-0.2, -0.15) is 0 Å². The van der Waals surface area contributed by atoms with Crippen LogP contribution in [0.25, 0.3) is 22.5 Å². The Balaban J connectivity index is 1.71. The number of benzene rings is 2. The largest absolute Gasteiger partial charge is 0.508 e. The van der Waals surface area contributed by atoms with E-state index < -0.39 is 11.8 Å². The lowest BCUT2D eigenvalue weighted by Crippen LogP contribution is -2.38. The molecule has 1 amide bonds. The van der Waals surface area contributed by atoms with Crippen molar-refractivity contribution in [3.63, 3.8) is 0 Å². The van der Waals surface area contributed by atoms with Crippen LogP contribution in [0.3, 0.4) is 0 Å². The molecule has 9 heteroatoms. The van der Waals surface area contributed by atoms with Gasteiger partial charge in [-0.15, -0.1) is 0 Å². The summed E-state index contributed by atoms with van der Waals surface area (Å²) in [7, 11) is 0. The molecular formula is C27H31F2N3O4. The fourth-order valence-electron chi connectivity index (χ4n) is 4.45. The van der Waals surface area contributed by atoms with Crippen molar-refractivity contribution in [3.8, 4) is 33.9 Å². The average molecular weight is 500 g/mol. The van der Waals surface area contributed by atoms with Gasteiger partial charge in [-0.3, -0.25) is 9.69 Å². The van der Waals surface area contributed by atoms with Crippen molar-refractivity contribution in [1.29, 1.82) is 0 Å². The number of amides is 1. The molecule has 4 rings (SSSR count). The average Bonchev–Trinajstić information content (AvgIpc) is 3.26. The van der Waals surface area contributed by atoms with Crippen LogP contribution in [-0.4, -0.2) is 51.7 Å². The van der Waals surface area contributed by atoms with Crippen molar-refractivity contribution in [2.45, 2.75) is 52.0 Å². The summed E-state index contributed by atoms with van der Waals surface area (Å²) < 4.78 is 32.6. The number of hydrogen-bond donors (Lipinski definition) is 3. The predicted octanol–water partition coefficient (Wildman–Crippen LogP) is 5.52. The van der Waals surface area contributed by atoms with E-state index >= 15 is 0 Å². The van der Waals surface area contributed by atoms with E-state index in [9.17, 15) is 23.8 Å². The van der Waals surface area contributed by atoms with Gasteiger partial charge >= 0.3 is 0 Å². The van der Waals surface area contributed by atoms with Crippen molar-refractivity contribution in [3.05, 3.63) is 53.2 Å². The Bertz CT molecular complexity index is 1230. The van der Waals surface area contributed by atoms with E-state index in [1.807, 2.05) is 43.0 Å². The molecule has 1 fully saturated rings. The zero-order chi connectivity index (χ0) is 26.0. The zero-order valence-electron chi connectivity index (χ0n) is 20.6. The number of likely N-dealkylation sites (tertiary alicyclic amines) is 1. The van der Waals surface area contributed by atoms with Crippen LogP contribution in [0, 0.1) is 0 Å². The molecule has 0 radical (unpaired) electrons. The van der Waals surface area contributed by atoms with E-state index in [1.165, 1.54) is 6.07 Å². The van der Waals surface area contributed by atoms with E-state index in [0.717, 1.165) is 5.56 Å². The maximum Gasteiger partial charge on any atom is 0.274 e. The molecule has 0 aliphatic carbocycles. The molecule has 1 aromatic heterocycles. The molecule has 0 spiro atoms. The Hall–Kier alpha value is -3.46. The van der Waals surface area contributed by atoms with E-state index in [1.54, 1.807) is 13.0 Å². The van der Waals surface area contributed by atoms with Gasteiger partial charge in [0.15, 0.2) is 11.5 Å². The summed E-state index contributed by atoms with van der Waals surface area (Å²) in [4.78, 5) is 14.8. The molecule has 36 heavy (non-hydrogen) atoms. The fraction of sp³-hybridized carbons (Fsp3) is 0.407. The second-order valence-corrected chi connectivity index (χ2v) is 9.51. The number of nitrogens with one attached hydrogen (secondary N) is 1. The topological polar surface area (TPSA) is 98.8 Å². The Morgan fingerprint density at radius 1 is 1.14 bits per heavy atom. The summed E-state index contributed by atoms with van der Waals surface area (Å²) in [6.45, 7) is 7.25. The molecule has 0 atom stereocenters. The first-order valence-corrected chi connectivity index (χ1v) is 12.1. The number of alkyl halides is 2. The van der Waals surface area contributed by atoms with Crippen LogP contribution in [0.15, 0.2) is 40.9 Å². The van der Waals surface area contributed by atoms with Crippen LogP contribution in [0.4, 0.5) is 8.78 Å². The first kappa shape index (κ1) is 25.6. The molecule has 3 aromatic rings. The van der Waals surface area contributed by atoms with Crippen LogP contribution in [-0.2, 0) is 6.54 Å². The highest BCUT2D eigenvalue weighted by atomic mass is 19.3. The molecule has 192 valence electrons. The minimum absolute atomic E-state index is 0.0207. The molecule has 1 saturated heterocycles. The zero-order valence-corrected chi connectivity index (χ0v) is 20.6. The van der Waals surface area contributed by atoms with E-state index in [-0.39, 0.29) is 41.7 Å². The number of halogens is 2. The van der Waals surface area contributed by atoms with Crippen LogP contribution in [0.5, 0.6) is 11.5 Å². The normalized spacial score (nSPS) is 15.8. The van der Waals surface area contributed by atoms with Gasteiger partial charge in [0.05, 0.1) is 11.1 Å². The number of rotatable bonds is 7. The number of piperidine rings is 1. The van der Waals surface area contributed by atoms with Gasteiger partial charge in [-0.1, -0.05) is 43.3 Å². The summed E-state index contributed by atoms with van der Waals surface area (Å²) in [6, 6.07) is 10.3. The first-order chi connectivity index (χ1) is 17.1. The van der Waals surface area contributed by atoms with Gasteiger partial charge < -0.3 is 20.1 Å². The number of phenolic OH excluding ortho intramolecular Hbond substituents is 2. The van der Waals surface area contributed by atoms with Gasteiger partial charge in [-0.05, 0) is 35.6 Å². The van der Waals surface area contributed by atoms with Crippen molar-refractivity contribution in [2.24, 2.45) is 0 Å². The fourth-order valence-corrected chi connectivity index (χ4v) is 4.45. The number of carbonyl (C=O) groups excluding carboxylic acids is 1. The van der Waals surface area contributed by atoms with Crippen LogP contribution >= 0.6 is 0 Å². The van der Waals surface area contributed by atoms with Crippen LogP contribution in [0.2, 0.25) is 0 Å². The number of nitrogens with zero attached hydrogens (tertiary/aromatic N) is 2. The maximum atomic E-state index is 13.5. The highest BCUT2D eigenvalue weighted by molar-refractivity contribution is 6.02. The molecule has 3 N–H and O–H groups in total. The van der Waals surface area contributed by atoms with Crippen LogP contribution in [0.1, 0.15) is 61.1 Å². The summed E-state index contributed by atoms with van der Waals surface area (Å²) in [6.07, 6.45) is -0.279. The quantitative estimate of drug-likeness (QED) is 0.396. The predicted molar refractivity (Wildman–Crippen MR) is 132 cm³/mol. The Kier molecular flexibility index (Phi) is 7.31. The third-order valence-corrected chi connectivity index (χ3v) is 6.49. The Labute approximate surface area is 208 Å². The Morgan fingerprint density at radius 2 is 1.81 bits per heavy atom. The number of carbonyl (C=O) groups is 1. The highest BCUT2D eigenvalue weighted by Crippen LogP contribution is 2.43. The molecule has 7 nitrogen and oxygen atoms in total. The minimum atomic E-state index is -2.59. The minimum Gasteiger partial charge on any atom is -0.508 e. The van der Waals surface area contributed by atoms with Gasteiger partial charge in [0.2, 0.25) is 0 Å². The van der Waals surface area contributed by atoms with Gasteiger partial charge in [0.25, 0.3) is 11.8 Å². The molecule has 0 unspecified atom stereocenters. The van der Waals surface area contributed by atoms with Gasteiger partial charge in [0, 0.05) is 45.1 Å². The molecule has 0 bridgehead atoms. The molecule has 1 aliphatic rings. The third-order valence-electron chi connectivity index (χ3n) is 6.49.